The van der Waals surface area contributed by atoms with Gasteiger partial charge in [0.25, 0.3) is 5.91 Å². The highest BCUT2D eigenvalue weighted by molar-refractivity contribution is 6.07. The molecule has 0 unspecified atom stereocenters. The second-order valence-electron chi connectivity index (χ2n) is 3.40. The fourth-order valence-corrected chi connectivity index (χ4v) is 1.78. The van der Waals surface area contributed by atoms with Crippen molar-refractivity contribution in [3.63, 3.8) is 0 Å². The van der Waals surface area contributed by atoms with E-state index in [0.717, 1.165) is 5.56 Å². The average molecular weight is 205 g/mol. The Balaban J connectivity index is 2.47. The Hall–Kier alpha value is -1.91. The zero-order valence-corrected chi connectivity index (χ0v) is 8.28. The summed E-state index contributed by atoms with van der Waals surface area (Å²) in [5.74, 6) is -0.304. The summed E-state index contributed by atoms with van der Waals surface area (Å²) >= 11 is 0. The Labute approximate surface area is 86.9 Å². The number of nitrogens with zero attached hydrogens (tertiary/aromatic N) is 1. The molecule has 0 saturated carbocycles. The number of pyridine rings is 1. The van der Waals surface area contributed by atoms with E-state index < -0.39 is 11.6 Å². The van der Waals surface area contributed by atoms with Crippen LogP contribution in [0.1, 0.15) is 18.9 Å². The number of urea groups is 1. The molecular weight excluding hydrogens is 194 g/mol. The Kier molecular flexibility index (Phi) is 2.15. The Bertz CT molecular complexity index is 404. The van der Waals surface area contributed by atoms with Gasteiger partial charge in [0.15, 0.2) is 0 Å². The highest BCUT2D eigenvalue weighted by Gasteiger charge is 2.45. The molecule has 78 valence electrons. The van der Waals surface area contributed by atoms with Crippen molar-refractivity contribution in [2.24, 2.45) is 0 Å². The van der Waals surface area contributed by atoms with Crippen molar-refractivity contribution >= 4 is 11.9 Å². The zero-order chi connectivity index (χ0) is 10.9. The summed E-state index contributed by atoms with van der Waals surface area (Å²) < 4.78 is 0. The maximum Gasteiger partial charge on any atom is 0.322 e. The molecule has 0 spiro atoms. The molecule has 2 rings (SSSR count). The van der Waals surface area contributed by atoms with Crippen molar-refractivity contribution in [3.05, 3.63) is 30.1 Å². The van der Waals surface area contributed by atoms with Crippen LogP contribution >= 0.6 is 0 Å². The predicted molar refractivity (Wildman–Crippen MR) is 52.9 cm³/mol. The second-order valence-corrected chi connectivity index (χ2v) is 3.40. The van der Waals surface area contributed by atoms with Gasteiger partial charge < -0.3 is 5.32 Å². The van der Waals surface area contributed by atoms with E-state index in [4.69, 9.17) is 0 Å². The number of nitrogens with one attached hydrogen (secondary N) is 2. The molecule has 2 N–H and O–H groups in total. The lowest BCUT2D eigenvalue weighted by Crippen LogP contribution is -2.43. The van der Waals surface area contributed by atoms with Gasteiger partial charge in [0.05, 0.1) is 0 Å². The van der Waals surface area contributed by atoms with E-state index in [0.29, 0.717) is 6.42 Å². The standard InChI is InChI=1S/C10H11N3O2/c1-2-10(7-3-5-11-6-4-7)8(14)12-9(15)13-10/h3-6H,2H2,1H3,(H2,12,13,14,15)/t10-/m1/s1. The molecule has 1 aromatic heterocycles. The number of rotatable bonds is 2. The zero-order valence-electron chi connectivity index (χ0n) is 8.28. The summed E-state index contributed by atoms with van der Waals surface area (Å²) in [5.41, 5.74) is -0.177. The minimum atomic E-state index is -0.931. The van der Waals surface area contributed by atoms with Gasteiger partial charge in [0.2, 0.25) is 0 Å². The number of aromatic nitrogens is 1. The number of amides is 3. The molecule has 3 amide bonds. The number of hydrogen-bond donors (Lipinski definition) is 2. The van der Waals surface area contributed by atoms with Gasteiger partial charge in [-0.25, -0.2) is 4.79 Å². The average Bonchev–Trinajstić information content (AvgIpc) is 2.56. The van der Waals surface area contributed by atoms with Crippen molar-refractivity contribution in [1.82, 2.24) is 15.6 Å². The van der Waals surface area contributed by atoms with Crippen molar-refractivity contribution in [2.45, 2.75) is 18.9 Å². The summed E-state index contributed by atoms with van der Waals surface area (Å²) in [6, 6.07) is 3.02. The van der Waals surface area contributed by atoms with Crippen LogP contribution in [0, 0.1) is 0 Å². The van der Waals surface area contributed by atoms with E-state index in [-0.39, 0.29) is 5.91 Å². The molecule has 2 heterocycles. The Morgan fingerprint density at radius 1 is 1.33 bits per heavy atom. The molecule has 0 bridgehead atoms. The van der Waals surface area contributed by atoms with E-state index in [9.17, 15) is 9.59 Å². The molecule has 5 nitrogen and oxygen atoms in total. The number of carbonyl (C=O) groups excluding carboxylic acids is 2. The molecule has 15 heavy (non-hydrogen) atoms. The van der Waals surface area contributed by atoms with Crippen LogP contribution in [-0.4, -0.2) is 16.9 Å². The summed E-state index contributed by atoms with van der Waals surface area (Å²) in [6.45, 7) is 1.85. The second kappa shape index (κ2) is 3.34. The van der Waals surface area contributed by atoms with E-state index in [1.165, 1.54) is 0 Å². The van der Waals surface area contributed by atoms with Gasteiger partial charge in [0, 0.05) is 12.4 Å². The highest BCUT2D eigenvalue weighted by Crippen LogP contribution is 2.27. The minimum absolute atomic E-state index is 0.304. The van der Waals surface area contributed by atoms with Crippen LogP contribution < -0.4 is 10.6 Å². The molecule has 0 radical (unpaired) electrons. The first-order chi connectivity index (χ1) is 7.19. The lowest BCUT2D eigenvalue weighted by atomic mass is 9.88. The first-order valence-corrected chi connectivity index (χ1v) is 4.73. The fourth-order valence-electron chi connectivity index (χ4n) is 1.78. The van der Waals surface area contributed by atoms with Crippen LogP contribution in [0.3, 0.4) is 0 Å². The van der Waals surface area contributed by atoms with Crippen molar-refractivity contribution in [1.29, 1.82) is 0 Å². The molecule has 1 saturated heterocycles. The molecule has 1 aliphatic heterocycles. The molecule has 0 aromatic carbocycles. The smallest absolute Gasteiger partial charge is 0.319 e. The van der Waals surface area contributed by atoms with E-state index >= 15 is 0 Å². The lowest BCUT2D eigenvalue weighted by molar-refractivity contribution is -0.124. The van der Waals surface area contributed by atoms with Crippen molar-refractivity contribution in [2.75, 3.05) is 0 Å². The van der Waals surface area contributed by atoms with E-state index in [1.807, 2.05) is 6.92 Å². The SMILES string of the molecule is CC[C@]1(c2ccncc2)NC(=O)NC1=O. The normalized spacial score (nSPS) is 24.9. The van der Waals surface area contributed by atoms with E-state index in [1.54, 1.807) is 24.5 Å². The minimum Gasteiger partial charge on any atom is -0.319 e. The molecule has 1 aromatic rings. The van der Waals surface area contributed by atoms with Crippen LogP contribution in [0.15, 0.2) is 24.5 Å². The van der Waals surface area contributed by atoms with Gasteiger partial charge in [-0.15, -0.1) is 0 Å². The molecular formula is C10H11N3O2. The summed E-state index contributed by atoms with van der Waals surface area (Å²) in [5, 5.41) is 4.90. The van der Waals surface area contributed by atoms with E-state index in [2.05, 4.69) is 15.6 Å². The Morgan fingerprint density at radius 2 is 2.00 bits per heavy atom. The van der Waals surface area contributed by atoms with Crippen LogP contribution in [0.25, 0.3) is 0 Å². The highest BCUT2D eigenvalue weighted by atomic mass is 16.2. The summed E-state index contributed by atoms with van der Waals surface area (Å²) in [4.78, 5) is 26.7. The van der Waals surface area contributed by atoms with Gasteiger partial charge >= 0.3 is 6.03 Å². The predicted octanol–water partition coefficient (Wildman–Crippen LogP) is 0.526. The van der Waals surface area contributed by atoms with Crippen LogP contribution in [-0.2, 0) is 10.3 Å². The third kappa shape index (κ3) is 1.36. The topological polar surface area (TPSA) is 71.1 Å². The number of carbonyl (C=O) groups is 2. The lowest BCUT2D eigenvalue weighted by Gasteiger charge is -2.24. The summed E-state index contributed by atoms with van der Waals surface area (Å²) in [6.07, 6.45) is 3.71. The maximum atomic E-state index is 11.7. The van der Waals surface area contributed by atoms with Gasteiger partial charge in [-0.05, 0) is 24.1 Å². The molecule has 1 atom stereocenters. The molecule has 5 heteroatoms. The van der Waals surface area contributed by atoms with Crippen LogP contribution in [0.4, 0.5) is 4.79 Å². The van der Waals surface area contributed by atoms with Crippen LogP contribution in [0.2, 0.25) is 0 Å². The maximum absolute atomic E-state index is 11.7. The van der Waals surface area contributed by atoms with Crippen molar-refractivity contribution in [3.8, 4) is 0 Å². The number of imide groups is 1. The Morgan fingerprint density at radius 3 is 2.47 bits per heavy atom. The quantitative estimate of drug-likeness (QED) is 0.692. The molecule has 1 aliphatic rings. The van der Waals surface area contributed by atoms with Crippen LogP contribution in [0.5, 0.6) is 0 Å². The van der Waals surface area contributed by atoms with Gasteiger partial charge in [-0.2, -0.15) is 0 Å². The van der Waals surface area contributed by atoms with Gasteiger partial charge in [-0.1, -0.05) is 6.92 Å². The fraction of sp³-hybridized carbons (Fsp3) is 0.300. The largest absolute Gasteiger partial charge is 0.322 e. The monoisotopic (exact) mass is 205 g/mol. The first-order valence-electron chi connectivity index (χ1n) is 4.73. The molecule has 0 aliphatic carbocycles. The van der Waals surface area contributed by atoms with Crippen molar-refractivity contribution < 1.29 is 9.59 Å². The van der Waals surface area contributed by atoms with Gasteiger partial charge in [0.1, 0.15) is 5.54 Å². The number of hydrogen-bond acceptors (Lipinski definition) is 3. The third-order valence-corrected chi connectivity index (χ3v) is 2.65. The molecule has 1 fully saturated rings. The van der Waals surface area contributed by atoms with Gasteiger partial charge in [-0.3, -0.25) is 15.1 Å². The first kappa shape index (κ1) is 9.64. The third-order valence-electron chi connectivity index (χ3n) is 2.65. The summed E-state index contributed by atoms with van der Waals surface area (Å²) in [7, 11) is 0.